The lowest BCUT2D eigenvalue weighted by Gasteiger charge is -2.33. The number of anilines is 1. The molecule has 0 radical (unpaired) electrons. The van der Waals surface area contributed by atoms with E-state index in [0.717, 1.165) is 42.3 Å². The van der Waals surface area contributed by atoms with E-state index < -0.39 is 0 Å². The maximum atomic E-state index is 12.9. The summed E-state index contributed by atoms with van der Waals surface area (Å²) < 4.78 is 0. The third kappa shape index (κ3) is 4.12. The second-order valence-electron chi connectivity index (χ2n) is 9.46. The number of carbonyl (C=O) groups is 2. The van der Waals surface area contributed by atoms with Crippen LogP contribution in [0.3, 0.4) is 0 Å². The van der Waals surface area contributed by atoms with Gasteiger partial charge in [0.2, 0.25) is 5.91 Å². The number of aryl methyl sites for hydroxylation is 1. The van der Waals surface area contributed by atoms with E-state index in [9.17, 15) is 9.59 Å². The second kappa shape index (κ2) is 8.96. The van der Waals surface area contributed by atoms with Crippen LogP contribution in [-0.2, 0) is 11.2 Å². The predicted octanol–water partition coefficient (Wildman–Crippen LogP) is 3.67. The molecule has 1 atom stereocenters. The van der Waals surface area contributed by atoms with Gasteiger partial charge in [0.15, 0.2) is 0 Å². The van der Waals surface area contributed by atoms with Crippen LogP contribution in [0.1, 0.15) is 78.3 Å². The molecule has 1 aliphatic carbocycles. The van der Waals surface area contributed by atoms with E-state index in [-0.39, 0.29) is 17.7 Å². The minimum absolute atomic E-state index is 0.00406. The smallest absolute Gasteiger partial charge is 0.255 e. The molecule has 5 rings (SSSR count). The van der Waals surface area contributed by atoms with E-state index >= 15 is 0 Å². The average Bonchev–Trinajstić information content (AvgIpc) is 3.32. The van der Waals surface area contributed by atoms with Gasteiger partial charge in [0.25, 0.3) is 5.91 Å². The number of pyridine rings is 1. The average molecular weight is 434 g/mol. The Morgan fingerprint density at radius 1 is 1.12 bits per heavy atom. The van der Waals surface area contributed by atoms with Crippen molar-refractivity contribution in [1.82, 2.24) is 19.9 Å². The summed E-state index contributed by atoms with van der Waals surface area (Å²) in [6.45, 7) is 4.09. The molecule has 1 saturated heterocycles. The number of carbonyl (C=O) groups excluding carboxylic acids is 2. The number of likely N-dealkylation sites (tertiary alicyclic amines) is 1. The van der Waals surface area contributed by atoms with Gasteiger partial charge in [0.05, 0.1) is 5.56 Å². The van der Waals surface area contributed by atoms with E-state index in [1.165, 1.54) is 32.1 Å². The van der Waals surface area contributed by atoms with Crippen molar-refractivity contribution >= 4 is 17.6 Å². The van der Waals surface area contributed by atoms with Gasteiger partial charge in [-0.2, -0.15) is 0 Å². The molecule has 2 aromatic heterocycles. The van der Waals surface area contributed by atoms with E-state index in [0.29, 0.717) is 31.0 Å². The summed E-state index contributed by atoms with van der Waals surface area (Å²) in [6.07, 6.45) is 11.6. The minimum Gasteiger partial charge on any atom is -0.338 e. The highest BCUT2D eigenvalue weighted by Crippen LogP contribution is 2.34. The molecule has 168 valence electrons. The standard InChI is InChI=1S/C25H31N5O2/c1-17-21-9-10-22(31)30(15-18-6-3-2-4-7-18)24(21)28-23(27-17)20-11-13-29(16-20)25(32)19-8-5-12-26-14-19/h5,8,12,14,18,20H,2-4,6-7,9-11,13,15-16H2,1H3. The number of rotatable bonds is 4. The van der Waals surface area contributed by atoms with E-state index in [1.807, 2.05) is 16.7 Å². The van der Waals surface area contributed by atoms with Gasteiger partial charge in [-0.15, -0.1) is 0 Å². The number of fused-ring (bicyclic) bond motifs is 1. The van der Waals surface area contributed by atoms with Gasteiger partial charge in [-0.25, -0.2) is 9.97 Å². The molecule has 4 heterocycles. The fraction of sp³-hybridized carbons (Fsp3) is 0.560. The van der Waals surface area contributed by atoms with Crippen LogP contribution < -0.4 is 4.90 Å². The topological polar surface area (TPSA) is 79.3 Å². The zero-order valence-corrected chi connectivity index (χ0v) is 18.8. The van der Waals surface area contributed by atoms with Crippen molar-refractivity contribution < 1.29 is 9.59 Å². The summed E-state index contributed by atoms with van der Waals surface area (Å²) in [5.41, 5.74) is 2.70. The Balaban J connectivity index is 1.37. The maximum Gasteiger partial charge on any atom is 0.255 e. The fourth-order valence-corrected chi connectivity index (χ4v) is 5.43. The first-order valence-electron chi connectivity index (χ1n) is 12.0. The number of nitrogens with zero attached hydrogens (tertiary/aromatic N) is 5. The molecule has 32 heavy (non-hydrogen) atoms. The van der Waals surface area contributed by atoms with E-state index in [2.05, 4.69) is 4.98 Å². The minimum atomic E-state index is 0.00406. The highest BCUT2D eigenvalue weighted by molar-refractivity contribution is 5.95. The van der Waals surface area contributed by atoms with Crippen molar-refractivity contribution in [1.29, 1.82) is 0 Å². The summed E-state index contributed by atoms with van der Waals surface area (Å²) in [7, 11) is 0. The van der Waals surface area contributed by atoms with Gasteiger partial charge in [-0.3, -0.25) is 19.5 Å². The Labute approximate surface area is 189 Å². The summed E-state index contributed by atoms with van der Waals surface area (Å²) >= 11 is 0. The summed E-state index contributed by atoms with van der Waals surface area (Å²) in [4.78, 5) is 43.4. The Bertz CT molecular complexity index is 1000. The SMILES string of the molecule is Cc1nc(C2CCN(C(=O)c3cccnc3)C2)nc2c1CCC(=O)N2CC1CCCCC1. The van der Waals surface area contributed by atoms with Crippen LogP contribution in [0.2, 0.25) is 0 Å². The molecule has 1 unspecified atom stereocenters. The molecule has 2 aliphatic heterocycles. The second-order valence-corrected chi connectivity index (χ2v) is 9.46. The van der Waals surface area contributed by atoms with Crippen LogP contribution >= 0.6 is 0 Å². The maximum absolute atomic E-state index is 12.9. The predicted molar refractivity (Wildman–Crippen MR) is 122 cm³/mol. The van der Waals surface area contributed by atoms with Crippen molar-refractivity contribution in [3.05, 3.63) is 47.2 Å². The van der Waals surface area contributed by atoms with Crippen LogP contribution in [0.15, 0.2) is 24.5 Å². The van der Waals surface area contributed by atoms with Crippen LogP contribution in [0.4, 0.5) is 5.82 Å². The van der Waals surface area contributed by atoms with Crippen LogP contribution in [0.25, 0.3) is 0 Å². The fourth-order valence-electron chi connectivity index (χ4n) is 5.43. The van der Waals surface area contributed by atoms with Crippen molar-refractivity contribution in [2.24, 2.45) is 5.92 Å². The van der Waals surface area contributed by atoms with E-state index in [4.69, 9.17) is 9.97 Å². The van der Waals surface area contributed by atoms with Crippen LogP contribution in [-0.4, -0.2) is 51.3 Å². The molecule has 3 aliphatic rings. The Morgan fingerprint density at radius 3 is 2.75 bits per heavy atom. The lowest BCUT2D eigenvalue weighted by Crippen LogP contribution is -2.40. The first-order valence-corrected chi connectivity index (χ1v) is 12.0. The van der Waals surface area contributed by atoms with Crippen molar-refractivity contribution in [2.75, 3.05) is 24.5 Å². The first kappa shape index (κ1) is 21.0. The molecule has 0 aromatic carbocycles. The van der Waals surface area contributed by atoms with Crippen molar-refractivity contribution in [2.45, 2.75) is 64.2 Å². The van der Waals surface area contributed by atoms with Crippen molar-refractivity contribution in [3.8, 4) is 0 Å². The summed E-state index contributed by atoms with van der Waals surface area (Å²) in [5.74, 6) is 2.44. The molecule has 2 fully saturated rings. The molecule has 0 N–H and O–H groups in total. The van der Waals surface area contributed by atoms with Gasteiger partial charge in [0, 0.05) is 55.6 Å². The lowest BCUT2D eigenvalue weighted by molar-refractivity contribution is -0.119. The molecule has 0 bridgehead atoms. The van der Waals surface area contributed by atoms with Crippen LogP contribution in [0.5, 0.6) is 0 Å². The third-order valence-corrected chi connectivity index (χ3v) is 7.27. The molecule has 1 saturated carbocycles. The molecule has 7 heteroatoms. The molecule has 7 nitrogen and oxygen atoms in total. The number of hydrogen-bond acceptors (Lipinski definition) is 5. The van der Waals surface area contributed by atoms with Crippen molar-refractivity contribution in [3.63, 3.8) is 0 Å². The molecular formula is C25H31N5O2. The highest BCUT2D eigenvalue weighted by Gasteiger charge is 2.34. The summed E-state index contributed by atoms with van der Waals surface area (Å²) in [5, 5.41) is 0. The zero-order chi connectivity index (χ0) is 22.1. The quantitative estimate of drug-likeness (QED) is 0.735. The molecule has 0 spiro atoms. The largest absolute Gasteiger partial charge is 0.338 e. The zero-order valence-electron chi connectivity index (χ0n) is 18.8. The Hall–Kier alpha value is -2.83. The number of aromatic nitrogens is 3. The highest BCUT2D eigenvalue weighted by atomic mass is 16.2. The normalized spacial score (nSPS) is 21.7. The van der Waals surface area contributed by atoms with Gasteiger partial charge in [-0.1, -0.05) is 19.3 Å². The number of hydrogen-bond donors (Lipinski definition) is 0. The van der Waals surface area contributed by atoms with Gasteiger partial charge < -0.3 is 4.90 Å². The monoisotopic (exact) mass is 433 g/mol. The van der Waals surface area contributed by atoms with Gasteiger partial charge in [-0.05, 0) is 50.7 Å². The molecule has 2 amide bonds. The number of amides is 2. The molecule has 2 aromatic rings. The van der Waals surface area contributed by atoms with Gasteiger partial charge in [0.1, 0.15) is 11.6 Å². The third-order valence-electron chi connectivity index (χ3n) is 7.27. The lowest BCUT2D eigenvalue weighted by atomic mass is 9.88. The Morgan fingerprint density at radius 2 is 1.97 bits per heavy atom. The summed E-state index contributed by atoms with van der Waals surface area (Å²) in [6, 6.07) is 3.59. The van der Waals surface area contributed by atoms with Crippen LogP contribution in [0, 0.1) is 12.8 Å². The Kier molecular flexibility index (Phi) is 5.89. The van der Waals surface area contributed by atoms with Gasteiger partial charge >= 0.3 is 0 Å². The first-order chi connectivity index (χ1) is 15.6. The van der Waals surface area contributed by atoms with E-state index in [1.54, 1.807) is 24.5 Å². The molecular weight excluding hydrogens is 402 g/mol.